The van der Waals surface area contributed by atoms with E-state index in [2.05, 4.69) is 52.2 Å². The average Bonchev–Trinajstić information content (AvgIpc) is 2.95. The fourth-order valence-electron chi connectivity index (χ4n) is 2.57. The number of amides is 2. The lowest BCUT2D eigenvalue weighted by Crippen LogP contribution is -2.33. The van der Waals surface area contributed by atoms with E-state index in [9.17, 15) is 9.59 Å². The van der Waals surface area contributed by atoms with Crippen LogP contribution in [0.4, 0.5) is 10.5 Å². The van der Waals surface area contributed by atoms with E-state index < -0.39 is 0 Å². The number of hydrogen-bond acceptors (Lipinski definition) is 3. The number of carbonyl (C=O) groups is 2. The summed E-state index contributed by atoms with van der Waals surface area (Å²) < 4.78 is 6.47. The van der Waals surface area contributed by atoms with Gasteiger partial charge >= 0.3 is 6.09 Å². The molecule has 5 nitrogen and oxygen atoms in total. The van der Waals surface area contributed by atoms with Gasteiger partial charge in [0, 0.05) is 16.2 Å². The molecule has 0 aliphatic carbocycles. The van der Waals surface area contributed by atoms with E-state index >= 15 is 0 Å². The summed E-state index contributed by atoms with van der Waals surface area (Å²) in [7, 11) is 0. The number of benzene rings is 2. The number of ether oxygens (including phenoxy) is 1. The molecule has 2 aromatic carbocycles. The van der Waals surface area contributed by atoms with Crippen LogP contribution >= 0.6 is 22.6 Å². The van der Waals surface area contributed by atoms with Crippen molar-refractivity contribution in [3.63, 3.8) is 0 Å². The second-order valence-electron chi connectivity index (χ2n) is 5.61. The van der Waals surface area contributed by atoms with E-state index in [0.717, 1.165) is 16.8 Å². The molecule has 2 amide bonds. The zero-order chi connectivity index (χ0) is 17.1. The molecule has 124 valence electrons. The SMILES string of the molecule is CC(=O)NCC1CN(c2ccc(-c3ccc(I)cc3)cc2)C(=O)O1. The van der Waals surface area contributed by atoms with Crippen molar-refractivity contribution in [1.29, 1.82) is 0 Å². The van der Waals surface area contributed by atoms with Crippen molar-refractivity contribution in [2.45, 2.75) is 13.0 Å². The maximum atomic E-state index is 12.0. The Kier molecular flexibility index (Phi) is 5.03. The molecule has 0 radical (unpaired) electrons. The summed E-state index contributed by atoms with van der Waals surface area (Å²) in [6, 6.07) is 16.1. The molecule has 1 atom stereocenters. The van der Waals surface area contributed by atoms with Crippen molar-refractivity contribution >= 4 is 40.3 Å². The van der Waals surface area contributed by atoms with Gasteiger partial charge in [-0.3, -0.25) is 9.69 Å². The third kappa shape index (κ3) is 3.87. The quantitative estimate of drug-likeness (QED) is 0.748. The van der Waals surface area contributed by atoms with Gasteiger partial charge in [-0.1, -0.05) is 24.3 Å². The zero-order valence-electron chi connectivity index (χ0n) is 13.2. The van der Waals surface area contributed by atoms with Gasteiger partial charge in [-0.25, -0.2) is 4.79 Å². The van der Waals surface area contributed by atoms with Gasteiger partial charge < -0.3 is 10.1 Å². The van der Waals surface area contributed by atoms with Crippen LogP contribution in [0, 0.1) is 3.57 Å². The molecule has 6 heteroatoms. The summed E-state index contributed by atoms with van der Waals surface area (Å²) in [5.41, 5.74) is 3.02. The maximum absolute atomic E-state index is 12.0. The first-order valence-electron chi connectivity index (χ1n) is 7.61. The monoisotopic (exact) mass is 436 g/mol. The van der Waals surface area contributed by atoms with Gasteiger partial charge in [-0.15, -0.1) is 0 Å². The Hall–Kier alpha value is -2.09. The zero-order valence-corrected chi connectivity index (χ0v) is 15.3. The molecular weight excluding hydrogens is 419 g/mol. The topological polar surface area (TPSA) is 58.6 Å². The van der Waals surface area contributed by atoms with E-state index in [1.54, 1.807) is 4.90 Å². The molecule has 1 aliphatic heterocycles. The summed E-state index contributed by atoms with van der Waals surface area (Å²) >= 11 is 2.28. The van der Waals surface area contributed by atoms with Crippen molar-refractivity contribution in [2.75, 3.05) is 18.0 Å². The molecular formula is C18H17IN2O3. The minimum atomic E-state index is -0.382. The van der Waals surface area contributed by atoms with Crippen LogP contribution in [0.3, 0.4) is 0 Å². The van der Waals surface area contributed by atoms with Gasteiger partial charge in [0.05, 0.1) is 13.1 Å². The molecule has 1 heterocycles. The van der Waals surface area contributed by atoms with Gasteiger partial charge in [0.25, 0.3) is 0 Å². The van der Waals surface area contributed by atoms with Crippen LogP contribution in [0.25, 0.3) is 11.1 Å². The Balaban J connectivity index is 1.70. The summed E-state index contributed by atoms with van der Waals surface area (Å²) in [4.78, 5) is 24.6. The van der Waals surface area contributed by atoms with E-state index in [4.69, 9.17) is 4.74 Å². The van der Waals surface area contributed by atoms with Gasteiger partial charge in [-0.2, -0.15) is 0 Å². The summed E-state index contributed by atoms with van der Waals surface area (Å²) in [6.45, 7) is 2.21. The third-order valence-corrected chi connectivity index (χ3v) is 4.53. The number of anilines is 1. The van der Waals surface area contributed by atoms with Crippen molar-refractivity contribution in [2.24, 2.45) is 0 Å². The third-order valence-electron chi connectivity index (χ3n) is 3.81. The summed E-state index contributed by atoms with van der Waals surface area (Å²) in [5, 5.41) is 2.67. The summed E-state index contributed by atoms with van der Waals surface area (Å²) in [6.07, 6.45) is -0.704. The molecule has 1 fully saturated rings. The Morgan fingerprint density at radius 3 is 2.33 bits per heavy atom. The van der Waals surface area contributed by atoms with Crippen LogP contribution in [0.5, 0.6) is 0 Å². The van der Waals surface area contributed by atoms with Crippen molar-refractivity contribution in [1.82, 2.24) is 5.32 Å². The largest absolute Gasteiger partial charge is 0.442 e. The Morgan fingerprint density at radius 1 is 1.17 bits per heavy atom. The maximum Gasteiger partial charge on any atom is 0.414 e. The van der Waals surface area contributed by atoms with Crippen LogP contribution < -0.4 is 10.2 Å². The lowest BCUT2D eigenvalue weighted by molar-refractivity contribution is -0.119. The van der Waals surface area contributed by atoms with Crippen molar-refractivity contribution < 1.29 is 14.3 Å². The number of cyclic esters (lactones) is 1. The second-order valence-corrected chi connectivity index (χ2v) is 6.85. The van der Waals surface area contributed by atoms with E-state index in [1.165, 1.54) is 10.5 Å². The Bertz CT molecular complexity index is 744. The second kappa shape index (κ2) is 7.21. The number of nitrogens with one attached hydrogen (secondary N) is 1. The number of halogens is 1. The molecule has 3 rings (SSSR count). The lowest BCUT2D eigenvalue weighted by Gasteiger charge is -2.13. The number of carbonyl (C=O) groups excluding carboxylic acids is 2. The van der Waals surface area contributed by atoms with Gasteiger partial charge in [0.2, 0.25) is 5.91 Å². The van der Waals surface area contributed by atoms with Crippen LogP contribution in [-0.4, -0.2) is 31.2 Å². The van der Waals surface area contributed by atoms with E-state index in [1.807, 2.05) is 24.3 Å². The molecule has 2 aromatic rings. The molecule has 0 bridgehead atoms. The normalized spacial score (nSPS) is 16.8. The molecule has 0 spiro atoms. The average molecular weight is 436 g/mol. The highest BCUT2D eigenvalue weighted by Gasteiger charge is 2.32. The minimum Gasteiger partial charge on any atom is -0.442 e. The number of rotatable bonds is 4. The first-order valence-corrected chi connectivity index (χ1v) is 8.69. The summed E-state index contributed by atoms with van der Waals surface area (Å²) in [5.74, 6) is -0.133. The molecule has 1 unspecified atom stereocenters. The van der Waals surface area contributed by atoms with Crippen molar-refractivity contribution in [3.05, 3.63) is 52.1 Å². The lowest BCUT2D eigenvalue weighted by atomic mass is 10.1. The highest BCUT2D eigenvalue weighted by Crippen LogP contribution is 2.26. The fourth-order valence-corrected chi connectivity index (χ4v) is 2.93. The first-order chi connectivity index (χ1) is 11.5. The van der Waals surface area contributed by atoms with Crippen LogP contribution in [0.2, 0.25) is 0 Å². The molecule has 0 saturated carbocycles. The van der Waals surface area contributed by atoms with Crippen LogP contribution in [-0.2, 0) is 9.53 Å². The van der Waals surface area contributed by atoms with Gasteiger partial charge in [0.15, 0.2) is 0 Å². The highest BCUT2D eigenvalue weighted by atomic mass is 127. The molecule has 0 aromatic heterocycles. The highest BCUT2D eigenvalue weighted by molar-refractivity contribution is 14.1. The van der Waals surface area contributed by atoms with Gasteiger partial charge in [-0.05, 0) is 58.0 Å². The van der Waals surface area contributed by atoms with E-state index in [-0.39, 0.29) is 18.1 Å². The number of nitrogens with zero attached hydrogens (tertiary/aromatic N) is 1. The van der Waals surface area contributed by atoms with Crippen LogP contribution in [0.15, 0.2) is 48.5 Å². The predicted octanol–water partition coefficient (Wildman–Crippen LogP) is 3.42. The molecule has 1 saturated heterocycles. The van der Waals surface area contributed by atoms with Gasteiger partial charge in [0.1, 0.15) is 6.10 Å². The minimum absolute atomic E-state index is 0.133. The predicted molar refractivity (Wildman–Crippen MR) is 101 cm³/mol. The van der Waals surface area contributed by atoms with Crippen molar-refractivity contribution in [3.8, 4) is 11.1 Å². The van der Waals surface area contributed by atoms with E-state index in [0.29, 0.717) is 13.1 Å². The molecule has 1 aliphatic rings. The van der Waals surface area contributed by atoms with Crippen LogP contribution in [0.1, 0.15) is 6.92 Å². The molecule has 1 N–H and O–H groups in total. The number of hydrogen-bond donors (Lipinski definition) is 1. The first kappa shape index (κ1) is 16.8. The molecule has 24 heavy (non-hydrogen) atoms. The smallest absolute Gasteiger partial charge is 0.414 e. The Morgan fingerprint density at radius 2 is 1.75 bits per heavy atom. The fraction of sp³-hybridized carbons (Fsp3) is 0.222. The standard InChI is InChI=1S/C18H17IN2O3/c1-12(22)20-10-17-11-21(18(23)24-17)16-8-4-14(5-9-16)13-2-6-15(19)7-3-13/h2-9,17H,10-11H2,1H3,(H,20,22). The Labute approximate surface area is 154 Å².